The topological polar surface area (TPSA) is 33.2 Å². The van der Waals surface area contributed by atoms with Crippen LogP contribution in [0.5, 0.6) is 0 Å². The molecule has 26 heavy (non-hydrogen) atoms. The third-order valence-corrected chi connectivity index (χ3v) is 5.70. The summed E-state index contributed by atoms with van der Waals surface area (Å²) in [4.78, 5) is 20.7. The number of aryl methyl sites for hydroxylation is 1. The van der Waals surface area contributed by atoms with Crippen LogP contribution in [-0.2, 0) is 11.2 Å². The largest absolute Gasteiger partial charge is 0.274 e. The molecule has 5 heteroatoms. The zero-order chi connectivity index (χ0) is 18.5. The fraction of sp³-hybridized carbons (Fsp3) is 0.238. The number of hydrogen-bond acceptors (Lipinski definition) is 3. The lowest BCUT2D eigenvalue weighted by Gasteiger charge is -2.20. The normalized spacial score (nSPS) is 10.7. The van der Waals surface area contributed by atoms with Crippen LogP contribution in [0, 0.1) is 0 Å². The second-order valence-corrected chi connectivity index (χ2v) is 7.92. The van der Waals surface area contributed by atoms with E-state index in [1.165, 1.54) is 4.88 Å². The average molecular weight is 429 g/mol. The first kappa shape index (κ1) is 18.8. The number of carbonyl (C=O) groups is 1. The monoisotopic (exact) mass is 428 g/mol. The van der Waals surface area contributed by atoms with E-state index in [2.05, 4.69) is 35.0 Å². The SMILES string of the molecule is CCCC(=O)N(c1cccc(Br)c1)c1nc(-c2ccccc2)c(CC)s1. The van der Waals surface area contributed by atoms with Gasteiger partial charge in [-0.2, -0.15) is 0 Å². The molecule has 134 valence electrons. The number of rotatable bonds is 6. The van der Waals surface area contributed by atoms with E-state index in [1.54, 1.807) is 16.2 Å². The van der Waals surface area contributed by atoms with E-state index in [4.69, 9.17) is 4.98 Å². The minimum atomic E-state index is 0.0709. The van der Waals surface area contributed by atoms with Crippen molar-refractivity contribution in [3.8, 4) is 11.3 Å². The Morgan fingerprint density at radius 2 is 1.88 bits per heavy atom. The molecule has 0 fully saturated rings. The molecule has 0 aliphatic heterocycles. The molecule has 0 aliphatic carbocycles. The summed E-state index contributed by atoms with van der Waals surface area (Å²) in [6.45, 7) is 4.15. The Hall–Kier alpha value is -1.98. The summed E-state index contributed by atoms with van der Waals surface area (Å²) >= 11 is 5.10. The minimum absolute atomic E-state index is 0.0709. The van der Waals surface area contributed by atoms with Crippen LogP contribution in [-0.4, -0.2) is 10.9 Å². The fourth-order valence-corrected chi connectivity index (χ4v) is 4.25. The van der Waals surface area contributed by atoms with E-state index < -0.39 is 0 Å². The number of halogens is 1. The van der Waals surface area contributed by atoms with Crippen molar-refractivity contribution < 1.29 is 4.79 Å². The van der Waals surface area contributed by atoms with Crippen LogP contribution in [0.1, 0.15) is 31.6 Å². The third-order valence-electron chi connectivity index (χ3n) is 4.03. The highest BCUT2D eigenvalue weighted by Gasteiger charge is 2.23. The van der Waals surface area contributed by atoms with Gasteiger partial charge in [0.05, 0.1) is 11.4 Å². The van der Waals surface area contributed by atoms with E-state index in [0.717, 1.165) is 39.4 Å². The van der Waals surface area contributed by atoms with Crippen molar-refractivity contribution in [2.45, 2.75) is 33.1 Å². The molecule has 0 N–H and O–H groups in total. The number of anilines is 2. The number of carbonyl (C=O) groups excluding carboxylic acids is 1. The first-order chi connectivity index (χ1) is 12.6. The number of thiazole rings is 1. The second-order valence-electron chi connectivity index (χ2n) is 5.95. The molecule has 0 bridgehead atoms. The summed E-state index contributed by atoms with van der Waals surface area (Å²) in [5.41, 5.74) is 2.90. The van der Waals surface area contributed by atoms with Gasteiger partial charge < -0.3 is 0 Å². The Kier molecular flexibility index (Phi) is 6.22. The number of hydrogen-bond donors (Lipinski definition) is 0. The highest BCUT2D eigenvalue weighted by molar-refractivity contribution is 9.10. The van der Waals surface area contributed by atoms with Gasteiger partial charge in [0.1, 0.15) is 0 Å². The average Bonchev–Trinajstić information content (AvgIpc) is 3.07. The summed E-state index contributed by atoms with van der Waals surface area (Å²) in [5.74, 6) is 0.0709. The Bertz CT molecular complexity index is 892. The highest BCUT2D eigenvalue weighted by atomic mass is 79.9. The van der Waals surface area contributed by atoms with Crippen molar-refractivity contribution in [2.75, 3.05) is 4.90 Å². The first-order valence-corrected chi connectivity index (χ1v) is 10.4. The van der Waals surface area contributed by atoms with Crippen molar-refractivity contribution in [3.63, 3.8) is 0 Å². The molecule has 3 rings (SSSR count). The first-order valence-electron chi connectivity index (χ1n) is 8.77. The lowest BCUT2D eigenvalue weighted by atomic mass is 10.1. The quantitative estimate of drug-likeness (QED) is 0.442. The van der Waals surface area contributed by atoms with Gasteiger partial charge >= 0.3 is 0 Å². The zero-order valence-corrected chi connectivity index (χ0v) is 17.3. The maximum absolute atomic E-state index is 12.9. The summed E-state index contributed by atoms with van der Waals surface area (Å²) in [6.07, 6.45) is 2.19. The van der Waals surface area contributed by atoms with Crippen molar-refractivity contribution in [1.82, 2.24) is 4.98 Å². The highest BCUT2D eigenvalue weighted by Crippen LogP contribution is 2.37. The Labute approximate surface area is 166 Å². The van der Waals surface area contributed by atoms with Gasteiger partial charge in [0.2, 0.25) is 5.91 Å². The zero-order valence-electron chi connectivity index (χ0n) is 14.9. The van der Waals surface area contributed by atoms with Gasteiger partial charge in [-0.1, -0.05) is 66.2 Å². The molecular formula is C21H21BrN2OS. The molecule has 3 nitrogen and oxygen atoms in total. The summed E-state index contributed by atoms with van der Waals surface area (Å²) in [7, 11) is 0. The van der Waals surface area contributed by atoms with Gasteiger partial charge in [0.25, 0.3) is 0 Å². The Balaban J connectivity index is 2.10. The number of aromatic nitrogens is 1. The van der Waals surface area contributed by atoms with Crippen molar-refractivity contribution >= 4 is 44.0 Å². The minimum Gasteiger partial charge on any atom is -0.274 e. The van der Waals surface area contributed by atoms with Crippen LogP contribution in [0.25, 0.3) is 11.3 Å². The smallest absolute Gasteiger partial charge is 0.233 e. The van der Waals surface area contributed by atoms with E-state index in [9.17, 15) is 4.79 Å². The van der Waals surface area contributed by atoms with Gasteiger partial charge in [-0.15, -0.1) is 11.3 Å². The van der Waals surface area contributed by atoms with Gasteiger partial charge in [-0.3, -0.25) is 9.69 Å². The van der Waals surface area contributed by atoms with Gasteiger partial charge in [-0.25, -0.2) is 4.98 Å². The van der Waals surface area contributed by atoms with Crippen LogP contribution >= 0.6 is 27.3 Å². The van der Waals surface area contributed by atoms with Crippen molar-refractivity contribution in [1.29, 1.82) is 0 Å². The van der Waals surface area contributed by atoms with Crippen LogP contribution in [0.4, 0.5) is 10.8 Å². The van der Waals surface area contributed by atoms with Gasteiger partial charge in [-0.05, 0) is 31.0 Å². The van der Waals surface area contributed by atoms with Crippen LogP contribution in [0.15, 0.2) is 59.1 Å². The molecule has 0 unspecified atom stereocenters. The molecule has 2 aromatic carbocycles. The maximum atomic E-state index is 12.9. The van der Waals surface area contributed by atoms with E-state index >= 15 is 0 Å². The van der Waals surface area contributed by atoms with E-state index in [-0.39, 0.29) is 5.91 Å². The molecule has 1 heterocycles. The molecule has 0 saturated carbocycles. The van der Waals surface area contributed by atoms with E-state index in [0.29, 0.717) is 6.42 Å². The standard InChI is InChI=1S/C21H21BrN2OS/c1-3-9-19(25)24(17-13-8-12-16(22)14-17)21-23-20(18(4-2)26-21)15-10-6-5-7-11-15/h5-8,10-14H,3-4,9H2,1-2H3. The Morgan fingerprint density at radius 3 is 2.54 bits per heavy atom. The third kappa shape index (κ3) is 4.05. The lowest BCUT2D eigenvalue weighted by Crippen LogP contribution is -2.25. The predicted octanol–water partition coefficient (Wildman–Crippen LogP) is 6.60. The van der Waals surface area contributed by atoms with Crippen LogP contribution in [0.2, 0.25) is 0 Å². The lowest BCUT2D eigenvalue weighted by molar-refractivity contribution is -0.117. The van der Waals surface area contributed by atoms with Crippen LogP contribution in [0.3, 0.4) is 0 Å². The number of nitrogens with zero attached hydrogens (tertiary/aromatic N) is 2. The summed E-state index contributed by atoms with van der Waals surface area (Å²) in [6, 6.07) is 18.0. The molecule has 1 amide bonds. The molecular weight excluding hydrogens is 408 g/mol. The summed E-state index contributed by atoms with van der Waals surface area (Å²) < 4.78 is 0.944. The van der Waals surface area contributed by atoms with Crippen molar-refractivity contribution in [2.24, 2.45) is 0 Å². The maximum Gasteiger partial charge on any atom is 0.233 e. The number of benzene rings is 2. The fourth-order valence-electron chi connectivity index (χ4n) is 2.80. The summed E-state index contributed by atoms with van der Waals surface area (Å²) in [5, 5.41) is 0.734. The molecule has 0 saturated heterocycles. The molecule has 3 aromatic rings. The van der Waals surface area contributed by atoms with Gasteiger partial charge in [0.15, 0.2) is 5.13 Å². The van der Waals surface area contributed by atoms with Crippen molar-refractivity contribution in [3.05, 3.63) is 63.9 Å². The molecule has 0 atom stereocenters. The molecule has 0 aliphatic rings. The van der Waals surface area contributed by atoms with Gasteiger partial charge in [0, 0.05) is 21.3 Å². The van der Waals surface area contributed by atoms with E-state index in [1.807, 2.05) is 49.4 Å². The Morgan fingerprint density at radius 1 is 1.12 bits per heavy atom. The number of amides is 1. The van der Waals surface area contributed by atoms with Crippen LogP contribution < -0.4 is 4.90 Å². The molecule has 1 aromatic heterocycles. The molecule has 0 radical (unpaired) electrons. The predicted molar refractivity (Wildman–Crippen MR) is 113 cm³/mol. The second kappa shape index (κ2) is 8.60. The molecule has 0 spiro atoms.